The van der Waals surface area contributed by atoms with E-state index in [9.17, 15) is 13.2 Å². The van der Waals surface area contributed by atoms with Gasteiger partial charge in [0.15, 0.2) is 9.84 Å². The lowest BCUT2D eigenvalue weighted by molar-refractivity contribution is 0.0530. The number of rotatable bonds is 5. The van der Waals surface area contributed by atoms with Crippen LogP contribution in [0.1, 0.15) is 29.8 Å². The first kappa shape index (κ1) is 15.5. The Labute approximate surface area is 113 Å². The molecule has 0 aromatic heterocycles. The quantitative estimate of drug-likeness (QED) is 0.655. The van der Waals surface area contributed by atoms with Crippen LogP contribution in [0.15, 0.2) is 18.2 Å². The lowest BCUT2D eigenvalue weighted by atomic mass is 10.1. The van der Waals surface area contributed by atoms with Crippen molar-refractivity contribution in [3.05, 3.63) is 29.3 Å². The van der Waals surface area contributed by atoms with Crippen LogP contribution in [0.3, 0.4) is 0 Å². The van der Waals surface area contributed by atoms with E-state index >= 15 is 0 Å². The number of esters is 1. The maximum absolute atomic E-state index is 11.8. The molecule has 0 aliphatic rings. The molecule has 0 amide bonds. The third-order valence-corrected chi connectivity index (χ3v) is 5.04. The molecule has 0 fully saturated rings. The van der Waals surface area contributed by atoms with Gasteiger partial charge in [0.05, 0.1) is 16.6 Å². The molecule has 0 aliphatic carbocycles. The molecule has 0 heterocycles. The summed E-state index contributed by atoms with van der Waals surface area (Å²) in [6.07, 6.45) is 0. The molecular formula is C13H19NO4S. The van der Waals surface area contributed by atoms with Crippen LogP contribution in [-0.4, -0.2) is 32.0 Å². The van der Waals surface area contributed by atoms with E-state index in [0.29, 0.717) is 5.69 Å². The zero-order valence-corrected chi connectivity index (χ0v) is 12.2. The minimum Gasteiger partial charge on any atom is -0.461 e. The topological polar surface area (TPSA) is 86.5 Å². The third kappa shape index (κ3) is 3.96. The van der Waals surface area contributed by atoms with E-state index < -0.39 is 21.1 Å². The minimum atomic E-state index is -3.20. The number of nitrogens with two attached hydrogens (primary N) is 1. The monoisotopic (exact) mass is 285 g/mol. The van der Waals surface area contributed by atoms with Gasteiger partial charge in [-0.15, -0.1) is 0 Å². The standard InChI is InChI=1S/C13H19NO4S/c1-9(2)19(16,17)8-7-18-13(15)11-6-4-5-10(3)12(11)14/h4-6,9H,7-8,14H2,1-3H3. The van der Waals surface area contributed by atoms with Gasteiger partial charge >= 0.3 is 5.97 Å². The second-order valence-electron chi connectivity index (χ2n) is 4.59. The number of carbonyl (C=O) groups is 1. The summed E-state index contributed by atoms with van der Waals surface area (Å²) in [4.78, 5) is 11.8. The highest BCUT2D eigenvalue weighted by molar-refractivity contribution is 7.91. The molecule has 5 nitrogen and oxygen atoms in total. The van der Waals surface area contributed by atoms with Gasteiger partial charge in [-0.2, -0.15) is 0 Å². The lowest BCUT2D eigenvalue weighted by Gasteiger charge is -2.10. The molecule has 0 radical (unpaired) electrons. The van der Waals surface area contributed by atoms with Crippen molar-refractivity contribution in [2.45, 2.75) is 26.0 Å². The number of para-hydroxylation sites is 1. The van der Waals surface area contributed by atoms with E-state index in [1.54, 1.807) is 39.0 Å². The summed E-state index contributed by atoms with van der Waals surface area (Å²) < 4.78 is 28.1. The summed E-state index contributed by atoms with van der Waals surface area (Å²) >= 11 is 0. The fourth-order valence-corrected chi connectivity index (χ4v) is 2.21. The predicted molar refractivity (Wildman–Crippen MR) is 74.8 cm³/mol. The zero-order chi connectivity index (χ0) is 14.6. The molecule has 0 unspecified atom stereocenters. The van der Waals surface area contributed by atoms with Crippen molar-refractivity contribution in [3.63, 3.8) is 0 Å². The summed E-state index contributed by atoms with van der Waals surface area (Å²) in [7, 11) is -3.20. The molecule has 0 bridgehead atoms. The fourth-order valence-electron chi connectivity index (χ4n) is 1.42. The molecule has 19 heavy (non-hydrogen) atoms. The molecule has 0 atom stereocenters. The third-order valence-electron chi connectivity index (χ3n) is 2.86. The lowest BCUT2D eigenvalue weighted by Crippen LogP contribution is -2.22. The maximum atomic E-state index is 11.8. The van der Waals surface area contributed by atoms with Gasteiger partial charge in [0.2, 0.25) is 0 Å². The van der Waals surface area contributed by atoms with Crippen LogP contribution in [0.2, 0.25) is 0 Å². The second-order valence-corrected chi connectivity index (χ2v) is 7.26. The Kier molecular flexibility index (Phi) is 4.94. The number of aryl methyl sites for hydroxylation is 1. The van der Waals surface area contributed by atoms with E-state index in [4.69, 9.17) is 10.5 Å². The average Bonchev–Trinajstić information content (AvgIpc) is 2.32. The number of sulfone groups is 1. The highest BCUT2D eigenvalue weighted by Gasteiger charge is 2.18. The fraction of sp³-hybridized carbons (Fsp3) is 0.462. The number of carbonyl (C=O) groups excluding carboxylic acids is 1. The molecule has 0 spiro atoms. The van der Waals surface area contributed by atoms with Gasteiger partial charge in [-0.05, 0) is 32.4 Å². The van der Waals surface area contributed by atoms with Gasteiger partial charge in [0.25, 0.3) is 0 Å². The smallest absolute Gasteiger partial charge is 0.340 e. The molecule has 1 aromatic rings. The van der Waals surface area contributed by atoms with Crippen LogP contribution in [0.4, 0.5) is 5.69 Å². The van der Waals surface area contributed by atoms with Gasteiger partial charge in [-0.1, -0.05) is 12.1 Å². The van der Waals surface area contributed by atoms with E-state index in [2.05, 4.69) is 0 Å². The summed E-state index contributed by atoms with van der Waals surface area (Å²) in [6, 6.07) is 5.05. The van der Waals surface area contributed by atoms with Gasteiger partial charge in [-0.3, -0.25) is 0 Å². The number of nitrogen functional groups attached to an aromatic ring is 1. The summed E-state index contributed by atoms with van der Waals surface area (Å²) in [6.45, 7) is 4.81. The van der Waals surface area contributed by atoms with Crippen LogP contribution in [0.5, 0.6) is 0 Å². The Morgan fingerprint density at radius 3 is 2.58 bits per heavy atom. The Morgan fingerprint density at radius 2 is 2.00 bits per heavy atom. The highest BCUT2D eigenvalue weighted by atomic mass is 32.2. The van der Waals surface area contributed by atoms with Crippen LogP contribution >= 0.6 is 0 Å². The number of hydrogen-bond acceptors (Lipinski definition) is 5. The Morgan fingerprint density at radius 1 is 1.37 bits per heavy atom. The molecule has 6 heteroatoms. The first-order valence-corrected chi connectivity index (χ1v) is 7.71. The van der Waals surface area contributed by atoms with Crippen LogP contribution in [-0.2, 0) is 14.6 Å². The van der Waals surface area contributed by atoms with Crippen LogP contribution in [0.25, 0.3) is 0 Å². The molecular weight excluding hydrogens is 266 g/mol. The van der Waals surface area contributed by atoms with Crippen molar-refractivity contribution < 1.29 is 17.9 Å². The summed E-state index contributed by atoms with van der Waals surface area (Å²) in [5.74, 6) is -0.776. The average molecular weight is 285 g/mol. The van der Waals surface area contributed by atoms with E-state index in [1.165, 1.54) is 0 Å². The van der Waals surface area contributed by atoms with Crippen molar-refractivity contribution in [1.82, 2.24) is 0 Å². The van der Waals surface area contributed by atoms with Crippen LogP contribution in [0, 0.1) is 6.92 Å². The van der Waals surface area contributed by atoms with Gasteiger partial charge < -0.3 is 10.5 Å². The van der Waals surface area contributed by atoms with E-state index in [0.717, 1.165) is 5.56 Å². The first-order chi connectivity index (χ1) is 8.75. The normalized spacial score (nSPS) is 11.6. The number of anilines is 1. The second kappa shape index (κ2) is 6.06. The maximum Gasteiger partial charge on any atom is 0.340 e. The molecule has 1 rings (SSSR count). The SMILES string of the molecule is Cc1cccc(C(=O)OCCS(=O)(=O)C(C)C)c1N. The highest BCUT2D eigenvalue weighted by Crippen LogP contribution is 2.17. The van der Waals surface area contributed by atoms with Crippen molar-refractivity contribution in [1.29, 1.82) is 0 Å². The molecule has 1 aromatic carbocycles. The van der Waals surface area contributed by atoms with Gasteiger partial charge in [-0.25, -0.2) is 13.2 Å². The summed E-state index contributed by atoms with van der Waals surface area (Å²) in [5.41, 5.74) is 7.18. The molecule has 0 saturated carbocycles. The van der Waals surface area contributed by atoms with E-state index in [1.807, 2.05) is 0 Å². The molecule has 0 aliphatic heterocycles. The Hall–Kier alpha value is -1.56. The van der Waals surface area contributed by atoms with Crippen molar-refractivity contribution in [2.24, 2.45) is 0 Å². The van der Waals surface area contributed by atoms with Gasteiger partial charge in [0.1, 0.15) is 6.61 Å². The van der Waals surface area contributed by atoms with Crippen LogP contribution < -0.4 is 5.73 Å². The Bertz CT molecular complexity index is 564. The van der Waals surface area contributed by atoms with Crippen molar-refractivity contribution in [2.75, 3.05) is 18.1 Å². The molecule has 2 N–H and O–H groups in total. The largest absolute Gasteiger partial charge is 0.461 e. The van der Waals surface area contributed by atoms with E-state index in [-0.39, 0.29) is 17.9 Å². The Balaban J connectivity index is 2.65. The van der Waals surface area contributed by atoms with Crippen molar-refractivity contribution >= 4 is 21.5 Å². The minimum absolute atomic E-state index is 0.160. The predicted octanol–water partition coefficient (Wildman–Crippen LogP) is 1.56. The summed E-state index contributed by atoms with van der Waals surface area (Å²) in [5, 5.41) is -0.477. The number of benzene rings is 1. The van der Waals surface area contributed by atoms with Crippen molar-refractivity contribution in [3.8, 4) is 0 Å². The molecule has 106 valence electrons. The molecule has 0 saturated heterocycles. The zero-order valence-electron chi connectivity index (χ0n) is 11.3. The number of hydrogen-bond donors (Lipinski definition) is 1. The first-order valence-electron chi connectivity index (χ1n) is 5.99. The van der Waals surface area contributed by atoms with Gasteiger partial charge in [0, 0.05) is 5.69 Å². The number of ether oxygens (including phenoxy) is 1.